The van der Waals surface area contributed by atoms with Crippen molar-refractivity contribution < 1.29 is 18.3 Å². The van der Waals surface area contributed by atoms with E-state index in [1.807, 2.05) is 13.0 Å². The van der Waals surface area contributed by atoms with Crippen LogP contribution in [-0.4, -0.2) is 25.5 Å². The van der Waals surface area contributed by atoms with Gasteiger partial charge in [-0.25, -0.2) is 13.2 Å². The van der Waals surface area contributed by atoms with Gasteiger partial charge in [-0.3, -0.25) is 4.31 Å². The van der Waals surface area contributed by atoms with E-state index in [0.717, 1.165) is 9.87 Å². The molecule has 0 amide bonds. The Balaban J connectivity index is 2.61. The van der Waals surface area contributed by atoms with Crippen molar-refractivity contribution in [2.45, 2.75) is 24.8 Å². The molecule has 0 aliphatic rings. The topological polar surface area (TPSA) is 74.7 Å². The van der Waals surface area contributed by atoms with E-state index in [1.165, 1.54) is 31.2 Å². The zero-order valence-electron chi connectivity index (χ0n) is 12.6. The second kappa shape index (κ2) is 6.60. The van der Waals surface area contributed by atoms with Crippen LogP contribution in [0.2, 0.25) is 5.02 Å². The highest BCUT2D eigenvalue weighted by molar-refractivity contribution is 7.92. The van der Waals surface area contributed by atoms with Crippen LogP contribution in [0.3, 0.4) is 0 Å². The molecule has 0 heterocycles. The molecule has 0 bridgehead atoms. The number of aryl methyl sites for hydroxylation is 1. The largest absolute Gasteiger partial charge is 0.480 e. The number of rotatable bonds is 5. The monoisotopic (exact) mass is 353 g/mol. The average molecular weight is 354 g/mol. The molecule has 0 saturated carbocycles. The summed E-state index contributed by atoms with van der Waals surface area (Å²) in [5.41, 5.74) is 1.13. The summed E-state index contributed by atoms with van der Waals surface area (Å²) in [6, 6.07) is 11.1. The van der Waals surface area contributed by atoms with E-state index in [0.29, 0.717) is 10.7 Å². The van der Waals surface area contributed by atoms with E-state index in [1.54, 1.807) is 18.2 Å². The van der Waals surface area contributed by atoms with Crippen molar-refractivity contribution in [1.29, 1.82) is 0 Å². The zero-order chi connectivity index (χ0) is 17.2. The number of halogens is 1. The highest BCUT2D eigenvalue weighted by Crippen LogP contribution is 2.27. The number of sulfonamides is 1. The molecule has 7 heteroatoms. The molecule has 2 rings (SSSR count). The molecular formula is C16H16ClNO4S. The highest BCUT2D eigenvalue weighted by Gasteiger charge is 2.33. The maximum atomic E-state index is 12.9. The smallest absolute Gasteiger partial charge is 0.327 e. The van der Waals surface area contributed by atoms with Crippen molar-refractivity contribution in [3.05, 3.63) is 59.1 Å². The van der Waals surface area contributed by atoms with Crippen molar-refractivity contribution in [3.8, 4) is 0 Å². The fourth-order valence-electron chi connectivity index (χ4n) is 2.16. The molecule has 23 heavy (non-hydrogen) atoms. The molecule has 5 nitrogen and oxygen atoms in total. The molecule has 0 aromatic heterocycles. The van der Waals surface area contributed by atoms with Crippen molar-refractivity contribution in [1.82, 2.24) is 0 Å². The first kappa shape index (κ1) is 17.3. The molecule has 1 N–H and O–H groups in total. The van der Waals surface area contributed by atoms with Crippen LogP contribution in [0.5, 0.6) is 0 Å². The van der Waals surface area contributed by atoms with Gasteiger partial charge in [0.15, 0.2) is 0 Å². The van der Waals surface area contributed by atoms with E-state index < -0.39 is 22.0 Å². The van der Waals surface area contributed by atoms with E-state index in [9.17, 15) is 18.3 Å². The molecule has 0 fully saturated rings. The lowest BCUT2D eigenvalue weighted by Crippen LogP contribution is -2.43. The number of carboxylic acids is 1. The maximum absolute atomic E-state index is 12.9. The van der Waals surface area contributed by atoms with Gasteiger partial charge in [0, 0.05) is 5.02 Å². The van der Waals surface area contributed by atoms with Crippen LogP contribution in [0, 0.1) is 6.92 Å². The number of aliphatic carboxylic acids is 1. The number of anilines is 1. The first-order valence-corrected chi connectivity index (χ1v) is 8.65. The summed E-state index contributed by atoms with van der Waals surface area (Å²) < 4.78 is 26.7. The Labute approximate surface area is 140 Å². The van der Waals surface area contributed by atoms with Crippen LogP contribution in [-0.2, 0) is 14.8 Å². The van der Waals surface area contributed by atoms with Gasteiger partial charge < -0.3 is 5.11 Å². The lowest BCUT2D eigenvalue weighted by Gasteiger charge is -2.28. The minimum Gasteiger partial charge on any atom is -0.480 e. The second-order valence-corrected chi connectivity index (χ2v) is 7.36. The van der Waals surface area contributed by atoms with Crippen LogP contribution >= 0.6 is 11.6 Å². The Morgan fingerprint density at radius 3 is 2.30 bits per heavy atom. The Kier molecular flexibility index (Phi) is 4.97. The molecule has 2 aromatic carbocycles. The summed E-state index contributed by atoms with van der Waals surface area (Å²) in [6.45, 7) is 3.14. The molecular weight excluding hydrogens is 338 g/mol. The number of nitrogens with zero attached hydrogens (tertiary/aromatic N) is 1. The fraction of sp³-hybridized carbons (Fsp3) is 0.188. The third-order valence-corrected chi connectivity index (χ3v) is 5.50. The van der Waals surface area contributed by atoms with Crippen LogP contribution in [0.4, 0.5) is 5.69 Å². The Morgan fingerprint density at radius 2 is 1.78 bits per heavy atom. The third kappa shape index (κ3) is 3.65. The Morgan fingerprint density at radius 1 is 1.17 bits per heavy atom. The first-order valence-electron chi connectivity index (χ1n) is 6.83. The molecule has 122 valence electrons. The fourth-order valence-corrected chi connectivity index (χ4v) is 3.89. The van der Waals surface area contributed by atoms with Gasteiger partial charge in [-0.15, -0.1) is 0 Å². The number of carbonyl (C=O) groups is 1. The van der Waals surface area contributed by atoms with E-state index >= 15 is 0 Å². The minimum atomic E-state index is -4.04. The number of hydrogen-bond acceptors (Lipinski definition) is 3. The molecule has 2 aromatic rings. The van der Waals surface area contributed by atoms with Gasteiger partial charge in [-0.1, -0.05) is 23.7 Å². The summed E-state index contributed by atoms with van der Waals surface area (Å²) in [5, 5.41) is 9.71. The number of hydrogen-bond donors (Lipinski definition) is 1. The van der Waals surface area contributed by atoms with Gasteiger partial charge in [0.2, 0.25) is 0 Å². The van der Waals surface area contributed by atoms with Crippen molar-refractivity contribution >= 4 is 33.3 Å². The van der Waals surface area contributed by atoms with Gasteiger partial charge in [-0.2, -0.15) is 0 Å². The predicted molar refractivity (Wildman–Crippen MR) is 89.4 cm³/mol. The van der Waals surface area contributed by atoms with E-state index in [-0.39, 0.29) is 4.90 Å². The van der Waals surface area contributed by atoms with Gasteiger partial charge in [0.25, 0.3) is 10.0 Å². The molecule has 0 saturated heterocycles. The molecule has 0 aliphatic heterocycles. The molecule has 1 unspecified atom stereocenters. The van der Waals surface area contributed by atoms with E-state index in [4.69, 9.17) is 11.6 Å². The zero-order valence-corrected chi connectivity index (χ0v) is 14.2. The molecule has 1 atom stereocenters. The lowest BCUT2D eigenvalue weighted by molar-refractivity contribution is -0.137. The second-order valence-electron chi connectivity index (χ2n) is 5.11. The van der Waals surface area contributed by atoms with Gasteiger partial charge in [0.05, 0.1) is 10.6 Å². The van der Waals surface area contributed by atoms with Gasteiger partial charge in [-0.05, 0) is 55.8 Å². The predicted octanol–water partition coefficient (Wildman–Crippen LogP) is 3.32. The number of carboxylic acid groups (broad SMARTS) is 1. The van der Waals surface area contributed by atoms with Crippen LogP contribution in [0.1, 0.15) is 12.5 Å². The van der Waals surface area contributed by atoms with Gasteiger partial charge in [0.1, 0.15) is 6.04 Å². The average Bonchev–Trinajstić information content (AvgIpc) is 2.47. The summed E-state index contributed by atoms with van der Waals surface area (Å²) >= 11 is 5.79. The third-order valence-electron chi connectivity index (χ3n) is 3.34. The van der Waals surface area contributed by atoms with E-state index in [2.05, 4.69) is 0 Å². The summed E-state index contributed by atoms with van der Waals surface area (Å²) in [7, 11) is -4.04. The van der Waals surface area contributed by atoms with Crippen LogP contribution in [0.15, 0.2) is 53.4 Å². The number of benzene rings is 2. The molecule has 0 spiro atoms. The normalized spacial score (nSPS) is 12.7. The molecule has 0 radical (unpaired) electrons. The first-order chi connectivity index (χ1) is 10.7. The Hall–Kier alpha value is -2.05. The lowest BCUT2D eigenvalue weighted by atomic mass is 10.2. The highest BCUT2D eigenvalue weighted by atomic mass is 35.5. The van der Waals surface area contributed by atoms with Crippen LogP contribution < -0.4 is 4.31 Å². The van der Waals surface area contributed by atoms with Crippen molar-refractivity contribution in [2.24, 2.45) is 0 Å². The quantitative estimate of drug-likeness (QED) is 0.894. The SMILES string of the molecule is Cc1cccc(N(C(C)C(=O)O)S(=O)(=O)c2ccc(Cl)cc2)c1. The standard InChI is InChI=1S/C16H16ClNO4S/c1-11-4-3-5-14(10-11)18(12(2)16(19)20)23(21,22)15-8-6-13(17)7-9-15/h3-10,12H,1-2H3,(H,19,20). The van der Waals surface area contributed by atoms with Crippen LogP contribution in [0.25, 0.3) is 0 Å². The maximum Gasteiger partial charge on any atom is 0.327 e. The summed E-state index contributed by atoms with van der Waals surface area (Å²) in [6.07, 6.45) is 0. The summed E-state index contributed by atoms with van der Waals surface area (Å²) in [4.78, 5) is 11.4. The van der Waals surface area contributed by atoms with Gasteiger partial charge >= 0.3 is 5.97 Å². The summed E-state index contributed by atoms with van der Waals surface area (Å²) in [5.74, 6) is -1.23. The minimum absolute atomic E-state index is 0.0171. The van der Waals surface area contributed by atoms with Crippen molar-refractivity contribution in [3.63, 3.8) is 0 Å². The molecule has 0 aliphatic carbocycles. The Bertz CT molecular complexity index is 818. The van der Waals surface area contributed by atoms with Crippen molar-refractivity contribution in [2.75, 3.05) is 4.31 Å².